The minimum absolute atomic E-state index is 0.0106. The molecular weight excluding hydrogens is 468 g/mol. The van der Waals surface area contributed by atoms with E-state index in [1.807, 2.05) is 18.2 Å². The van der Waals surface area contributed by atoms with Gasteiger partial charge in [-0.2, -0.15) is 0 Å². The summed E-state index contributed by atoms with van der Waals surface area (Å²) in [5, 5.41) is -0.168. The Balaban J connectivity index is 1.41. The monoisotopic (exact) mass is 495 g/mol. The second-order valence-electron chi connectivity index (χ2n) is 9.97. The molecule has 7 nitrogen and oxygen atoms in total. The topological polar surface area (TPSA) is 86.8 Å². The van der Waals surface area contributed by atoms with Crippen molar-refractivity contribution in [3.8, 4) is 0 Å². The number of ether oxygens (including phenoxy) is 2. The molecule has 3 aromatic rings. The van der Waals surface area contributed by atoms with Crippen molar-refractivity contribution in [1.29, 1.82) is 0 Å². The largest absolute Gasteiger partial charge is 0.457 e. The van der Waals surface area contributed by atoms with E-state index in [4.69, 9.17) is 15.2 Å². The van der Waals surface area contributed by atoms with Crippen LogP contribution in [0.2, 0.25) is 0 Å². The van der Waals surface area contributed by atoms with E-state index >= 15 is 8.78 Å². The van der Waals surface area contributed by atoms with Crippen molar-refractivity contribution in [3.05, 3.63) is 75.6 Å². The summed E-state index contributed by atoms with van der Waals surface area (Å²) < 4.78 is 44.4. The number of hydrogen-bond donors (Lipinski definition) is 1. The lowest BCUT2D eigenvalue weighted by molar-refractivity contribution is 0.0126. The predicted molar refractivity (Wildman–Crippen MR) is 130 cm³/mol. The van der Waals surface area contributed by atoms with Crippen LogP contribution in [0.3, 0.4) is 0 Å². The Morgan fingerprint density at radius 2 is 1.97 bits per heavy atom. The van der Waals surface area contributed by atoms with E-state index in [-0.39, 0.29) is 53.8 Å². The number of nitrogens with zero attached hydrogens (tertiary/aromatic N) is 2. The maximum Gasteiger partial charge on any atom is 0.343 e. The van der Waals surface area contributed by atoms with Gasteiger partial charge in [0.25, 0.3) is 0 Å². The molecule has 1 aliphatic carbocycles. The molecule has 188 valence electrons. The first kappa shape index (κ1) is 23.1. The average molecular weight is 496 g/mol. The number of fused-ring (bicyclic) bond motifs is 2. The highest BCUT2D eigenvalue weighted by molar-refractivity contribution is 5.95. The molecule has 1 saturated carbocycles. The van der Waals surface area contributed by atoms with Crippen molar-refractivity contribution in [2.75, 3.05) is 31.1 Å². The standard InChI is InChI=1S/C27H27F2N3O4/c28-21-10-19-23(22(29)24(21)31-11-17-8-9-36-27(17,14-30)15-31)32(18-6-7-18)12-20(25(19)33)26(34)35-13-16-4-2-1-3-5-16/h1-5,10,12,17-18H,6-9,11,13-15,30H2. The molecule has 0 spiro atoms. The van der Waals surface area contributed by atoms with E-state index in [9.17, 15) is 9.59 Å². The Kier molecular flexibility index (Phi) is 5.57. The Morgan fingerprint density at radius 3 is 2.67 bits per heavy atom. The quantitative estimate of drug-likeness (QED) is 0.527. The third-order valence-corrected chi connectivity index (χ3v) is 7.72. The zero-order chi connectivity index (χ0) is 25.0. The summed E-state index contributed by atoms with van der Waals surface area (Å²) in [6, 6.07) is 10.1. The van der Waals surface area contributed by atoms with E-state index in [1.165, 1.54) is 6.20 Å². The Hall–Kier alpha value is -3.30. The van der Waals surface area contributed by atoms with Gasteiger partial charge in [0, 0.05) is 44.4 Å². The Labute approximate surface area is 206 Å². The van der Waals surface area contributed by atoms with Crippen molar-refractivity contribution in [2.45, 2.75) is 37.5 Å². The fourth-order valence-electron chi connectivity index (χ4n) is 5.64. The van der Waals surface area contributed by atoms with Crippen LogP contribution in [0.4, 0.5) is 14.5 Å². The number of carbonyl (C=O) groups is 1. The zero-order valence-corrected chi connectivity index (χ0v) is 19.7. The molecule has 2 unspecified atom stereocenters. The minimum atomic E-state index is -0.846. The Bertz CT molecular complexity index is 1410. The Morgan fingerprint density at radius 1 is 1.19 bits per heavy atom. The molecule has 3 aliphatic rings. The van der Waals surface area contributed by atoms with Gasteiger partial charge in [0.2, 0.25) is 5.43 Å². The molecule has 2 aromatic carbocycles. The molecule has 0 bridgehead atoms. The van der Waals surface area contributed by atoms with E-state index in [2.05, 4.69) is 0 Å². The fraction of sp³-hybridized carbons (Fsp3) is 0.407. The number of hydrogen-bond acceptors (Lipinski definition) is 6. The number of benzene rings is 2. The maximum absolute atomic E-state index is 16.1. The van der Waals surface area contributed by atoms with Gasteiger partial charge in [-0.05, 0) is 30.9 Å². The number of aromatic nitrogens is 1. The van der Waals surface area contributed by atoms with Crippen LogP contribution in [0, 0.1) is 17.6 Å². The molecule has 0 radical (unpaired) electrons. The van der Waals surface area contributed by atoms with Crippen LogP contribution < -0.4 is 16.1 Å². The van der Waals surface area contributed by atoms with E-state index < -0.39 is 28.6 Å². The molecular formula is C27H27F2N3O4. The number of rotatable bonds is 6. The van der Waals surface area contributed by atoms with Crippen molar-refractivity contribution in [2.24, 2.45) is 11.7 Å². The van der Waals surface area contributed by atoms with E-state index in [1.54, 1.807) is 21.6 Å². The second kappa shape index (κ2) is 8.67. The third-order valence-electron chi connectivity index (χ3n) is 7.72. The molecule has 1 aromatic heterocycles. The molecule has 2 saturated heterocycles. The first-order chi connectivity index (χ1) is 17.4. The average Bonchev–Trinajstić information content (AvgIpc) is 3.55. The first-order valence-electron chi connectivity index (χ1n) is 12.3. The third kappa shape index (κ3) is 3.69. The van der Waals surface area contributed by atoms with Gasteiger partial charge in [0.1, 0.15) is 29.3 Å². The van der Waals surface area contributed by atoms with Gasteiger partial charge < -0.3 is 24.7 Å². The molecule has 36 heavy (non-hydrogen) atoms. The first-order valence-corrected chi connectivity index (χ1v) is 12.3. The SMILES string of the molecule is NCC12CN(c3c(F)cc4c(=O)c(C(=O)OCc5ccccc5)cn(C5CC5)c4c3F)CC1CCO2. The van der Waals surface area contributed by atoms with Crippen LogP contribution >= 0.6 is 0 Å². The predicted octanol–water partition coefficient (Wildman–Crippen LogP) is 3.53. The molecule has 2 aliphatic heterocycles. The molecule has 0 amide bonds. The number of anilines is 1. The van der Waals surface area contributed by atoms with Crippen LogP contribution in [-0.4, -0.2) is 42.4 Å². The number of esters is 1. The lowest BCUT2D eigenvalue weighted by atomic mass is 9.91. The highest BCUT2D eigenvalue weighted by Crippen LogP contribution is 2.44. The maximum atomic E-state index is 16.1. The number of nitrogens with two attached hydrogens (primary N) is 1. The molecule has 9 heteroatoms. The molecule has 3 heterocycles. The second-order valence-corrected chi connectivity index (χ2v) is 9.97. The van der Waals surface area contributed by atoms with Crippen molar-refractivity contribution < 1.29 is 23.0 Å². The summed E-state index contributed by atoms with van der Waals surface area (Å²) in [6.45, 7) is 1.55. The summed E-state index contributed by atoms with van der Waals surface area (Å²) in [5.41, 5.74) is 5.00. The summed E-state index contributed by atoms with van der Waals surface area (Å²) in [5.74, 6) is -2.38. The number of carbonyl (C=O) groups excluding carboxylic acids is 1. The van der Waals surface area contributed by atoms with E-state index in [0.717, 1.165) is 30.9 Å². The van der Waals surface area contributed by atoms with Crippen molar-refractivity contribution in [1.82, 2.24) is 4.57 Å². The highest BCUT2D eigenvalue weighted by atomic mass is 19.1. The number of halogens is 2. The van der Waals surface area contributed by atoms with Gasteiger partial charge in [0.05, 0.1) is 10.9 Å². The van der Waals surface area contributed by atoms with Crippen molar-refractivity contribution >= 4 is 22.6 Å². The minimum Gasteiger partial charge on any atom is -0.457 e. The lowest BCUT2D eigenvalue weighted by Gasteiger charge is -2.27. The summed E-state index contributed by atoms with van der Waals surface area (Å²) in [6.07, 6.45) is 3.70. The van der Waals surface area contributed by atoms with Gasteiger partial charge in [-0.15, -0.1) is 0 Å². The smallest absolute Gasteiger partial charge is 0.343 e. The van der Waals surface area contributed by atoms with Crippen LogP contribution in [0.5, 0.6) is 0 Å². The normalized spacial score (nSPS) is 23.3. The van der Waals surface area contributed by atoms with Gasteiger partial charge >= 0.3 is 5.97 Å². The van der Waals surface area contributed by atoms with Crippen LogP contribution in [0.25, 0.3) is 10.9 Å². The summed E-state index contributed by atoms with van der Waals surface area (Å²) in [4.78, 5) is 27.8. The fourth-order valence-corrected chi connectivity index (χ4v) is 5.64. The van der Waals surface area contributed by atoms with Gasteiger partial charge in [-0.3, -0.25) is 4.79 Å². The van der Waals surface area contributed by atoms with Gasteiger partial charge in [-0.25, -0.2) is 13.6 Å². The molecule has 3 fully saturated rings. The summed E-state index contributed by atoms with van der Waals surface area (Å²) in [7, 11) is 0. The molecule has 2 atom stereocenters. The van der Waals surface area contributed by atoms with Gasteiger partial charge in [-0.1, -0.05) is 30.3 Å². The summed E-state index contributed by atoms with van der Waals surface area (Å²) >= 11 is 0. The molecule has 2 N–H and O–H groups in total. The highest BCUT2D eigenvalue weighted by Gasteiger charge is 2.51. The lowest BCUT2D eigenvalue weighted by Crippen LogP contribution is -2.44. The van der Waals surface area contributed by atoms with Gasteiger partial charge in [0.15, 0.2) is 5.82 Å². The number of pyridine rings is 1. The zero-order valence-electron chi connectivity index (χ0n) is 19.7. The van der Waals surface area contributed by atoms with E-state index in [0.29, 0.717) is 13.2 Å². The molecule has 6 rings (SSSR count). The van der Waals surface area contributed by atoms with Crippen LogP contribution in [0.1, 0.15) is 41.2 Å². The van der Waals surface area contributed by atoms with Crippen molar-refractivity contribution in [3.63, 3.8) is 0 Å². The van der Waals surface area contributed by atoms with Crippen LogP contribution in [0.15, 0.2) is 47.4 Å². The van der Waals surface area contributed by atoms with Crippen LogP contribution in [-0.2, 0) is 16.1 Å².